The van der Waals surface area contributed by atoms with Crippen molar-refractivity contribution in [2.24, 2.45) is 5.92 Å². The summed E-state index contributed by atoms with van der Waals surface area (Å²) in [5.74, 6) is 0.319. The SMILES string of the molecule is OC(CN1CCCc2ccccc21)C1CCOC1. The van der Waals surface area contributed by atoms with Gasteiger partial charge in [-0.25, -0.2) is 0 Å². The van der Waals surface area contributed by atoms with Crippen molar-refractivity contribution in [3.8, 4) is 0 Å². The molecule has 2 unspecified atom stereocenters. The average Bonchev–Trinajstić information content (AvgIpc) is 2.93. The smallest absolute Gasteiger partial charge is 0.0765 e. The van der Waals surface area contributed by atoms with Gasteiger partial charge in [0.15, 0.2) is 0 Å². The van der Waals surface area contributed by atoms with Crippen molar-refractivity contribution in [2.45, 2.75) is 25.4 Å². The molecule has 2 aliphatic rings. The molecule has 2 aliphatic heterocycles. The van der Waals surface area contributed by atoms with Gasteiger partial charge in [0.25, 0.3) is 0 Å². The van der Waals surface area contributed by atoms with Crippen LogP contribution in [0.2, 0.25) is 0 Å². The maximum atomic E-state index is 10.3. The van der Waals surface area contributed by atoms with Gasteiger partial charge in [-0.1, -0.05) is 18.2 Å². The van der Waals surface area contributed by atoms with E-state index in [1.54, 1.807) is 0 Å². The first-order valence-electron chi connectivity index (χ1n) is 6.93. The number of nitrogens with zero attached hydrogens (tertiary/aromatic N) is 1. The highest BCUT2D eigenvalue weighted by Gasteiger charge is 2.27. The predicted octanol–water partition coefficient (Wildman–Crippen LogP) is 1.84. The number of aliphatic hydroxyl groups excluding tert-OH is 1. The van der Waals surface area contributed by atoms with Gasteiger partial charge in [-0.3, -0.25) is 0 Å². The predicted molar refractivity (Wildman–Crippen MR) is 71.9 cm³/mol. The minimum Gasteiger partial charge on any atom is -0.391 e. The third-order valence-corrected chi connectivity index (χ3v) is 4.12. The number of aliphatic hydroxyl groups is 1. The number of fused-ring (bicyclic) bond motifs is 1. The zero-order chi connectivity index (χ0) is 12.4. The molecule has 3 nitrogen and oxygen atoms in total. The second-order valence-electron chi connectivity index (χ2n) is 5.37. The lowest BCUT2D eigenvalue weighted by molar-refractivity contribution is 0.0958. The van der Waals surface area contributed by atoms with E-state index in [1.165, 1.54) is 17.7 Å². The van der Waals surface area contributed by atoms with E-state index in [2.05, 4.69) is 29.2 Å². The fourth-order valence-electron chi connectivity index (χ4n) is 3.03. The van der Waals surface area contributed by atoms with Crippen molar-refractivity contribution >= 4 is 5.69 Å². The largest absolute Gasteiger partial charge is 0.391 e. The molecular formula is C15H21NO2. The average molecular weight is 247 g/mol. The molecule has 0 aliphatic carbocycles. The third kappa shape index (κ3) is 2.38. The van der Waals surface area contributed by atoms with Gasteiger partial charge in [0.2, 0.25) is 0 Å². The molecule has 0 amide bonds. The van der Waals surface area contributed by atoms with Crippen LogP contribution in [0.25, 0.3) is 0 Å². The maximum absolute atomic E-state index is 10.3. The normalized spacial score (nSPS) is 24.9. The molecule has 0 aromatic heterocycles. The van der Waals surface area contributed by atoms with Gasteiger partial charge in [-0.2, -0.15) is 0 Å². The Morgan fingerprint density at radius 3 is 3.11 bits per heavy atom. The molecule has 0 saturated carbocycles. The van der Waals surface area contributed by atoms with Crippen LogP contribution in [0.4, 0.5) is 5.69 Å². The summed E-state index contributed by atoms with van der Waals surface area (Å²) in [6, 6.07) is 8.56. The van der Waals surface area contributed by atoms with E-state index in [0.717, 1.165) is 39.1 Å². The molecule has 0 spiro atoms. The lowest BCUT2D eigenvalue weighted by Gasteiger charge is -2.34. The Morgan fingerprint density at radius 2 is 2.28 bits per heavy atom. The van der Waals surface area contributed by atoms with Gasteiger partial charge >= 0.3 is 0 Å². The Labute approximate surface area is 108 Å². The van der Waals surface area contributed by atoms with Crippen molar-refractivity contribution in [3.05, 3.63) is 29.8 Å². The number of anilines is 1. The van der Waals surface area contributed by atoms with Crippen LogP contribution < -0.4 is 4.90 Å². The van der Waals surface area contributed by atoms with Gasteiger partial charge < -0.3 is 14.7 Å². The minimum absolute atomic E-state index is 0.265. The third-order valence-electron chi connectivity index (χ3n) is 4.12. The summed E-state index contributed by atoms with van der Waals surface area (Å²) in [7, 11) is 0. The number of ether oxygens (including phenoxy) is 1. The van der Waals surface area contributed by atoms with Gasteiger partial charge in [0.05, 0.1) is 12.7 Å². The second-order valence-corrected chi connectivity index (χ2v) is 5.37. The minimum atomic E-state index is -0.265. The molecule has 1 saturated heterocycles. The summed E-state index contributed by atoms with van der Waals surface area (Å²) in [4.78, 5) is 2.34. The van der Waals surface area contributed by atoms with Crippen LogP contribution in [0.15, 0.2) is 24.3 Å². The first-order valence-corrected chi connectivity index (χ1v) is 6.93. The maximum Gasteiger partial charge on any atom is 0.0765 e. The number of hydrogen-bond donors (Lipinski definition) is 1. The molecule has 1 N–H and O–H groups in total. The van der Waals surface area contributed by atoms with Gasteiger partial charge in [0, 0.05) is 31.3 Å². The highest BCUT2D eigenvalue weighted by atomic mass is 16.5. The van der Waals surface area contributed by atoms with E-state index in [0.29, 0.717) is 5.92 Å². The number of hydrogen-bond acceptors (Lipinski definition) is 3. The van der Waals surface area contributed by atoms with Crippen LogP contribution >= 0.6 is 0 Å². The summed E-state index contributed by atoms with van der Waals surface area (Å²) in [5.41, 5.74) is 2.72. The Balaban J connectivity index is 1.70. The van der Waals surface area contributed by atoms with Gasteiger partial charge in [-0.05, 0) is 30.9 Å². The Hall–Kier alpha value is -1.06. The van der Waals surface area contributed by atoms with Crippen molar-refractivity contribution in [2.75, 3.05) is 31.2 Å². The van der Waals surface area contributed by atoms with Gasteiger partial charge in [-0.15, -0.1) is 0 Å². The molecule has 3 rings (SSSR count). The fraction of sp³-hybridized carbons (Fsp3) is 0.600. The Morgan fingerprint density at radius 1 is 1.39 bits per heavy atom. The fourth-order valence-corrected chi connectivity index (χ4v) is 3.03. The van der Waals surface area contributed by atoms with Crippen LogP contribution in [0.3, 0.4) is 0 Å². The van der Waals surface area contributed by atoms with Crippen molar-refractivity contribution in [1.29, 1.82) is 0 Å². The lowest BCUT2D eigenvalue weighted by Crippen LogP contribution is -2.39. The monoisotopic (exact) mass is 247 g/mol. The zero-order valence-corrected chi connectivity index (χ0v) is 10.7. The first-order chi connectivity index (χ1) is 8.84. The number of β-amino-alcohol motifs (C(OH)–C–C–N with tert-alkyl or cyclic N) is 1. The van der Waals surface area contributed by atoms with E-state index in [4.69, 9.17) is 4.74 Å². The van der Waals surface area contributed by atoms with Crippen molar-refractivity contribution in [3.63, 3.8) is 0 Å². The molecule has 2 atom stereocenters. The summed E-state index contributed by atoms with van der Waals surface area (Å²) in [6.45, 7) is 3.32. The highest BCUT2D eigenvalue weighted by molar-refractivity contribution is 5.55. The van der Waals surface area contributed by atoms with Crippen LogP contribution in [0, 0.1) is 5.92 Å². The van der Waals surface area contributed by atoms with Crippen LogP contribution in [-0.4, -0.2) is 37.5 Å². The molecule has 1 aromatic rings. The molecule has 18 heavy (non-hydrogen) atoms. The number of para-hydroxylation sites is 1. The molecular weight excluding hydrogens is 226 g/mol. The van der Waals surface area contributed by atoms with Crippen molar-refractivity contribution < 1.29 is 9.84 Å². The number of aryl methyl sites for hydroxylation is 1. The van der Waals surface area contributed by atoms with Gasteiger partial charge in [0.1, 0.15) is 0 Å². The summed E-state index contributed by atoms with van der Waals surface area (Å²) in [6.07, 6.45) is 3.08. The van der Waals surface area contributed by atoms with Crippen LogP contribution in [0.5, 0.6) is 0 Å². The summed E-state index contributed by atoms with van der Waals surface area (Å²) in [5, 5.41) is 10.3. The van der Waals surface area contributed by atoms with E-state index < -0.39 is 0 Å². The first kappa shape index (κ1) is 12.0. The molecule has 1 aromatic carbocycles. The molecule has 0 bridgehead atoms. The van der Waals surface area contributed by atoms with Crippen molar-refractivity contribution in [1.82, 2.24) is 0 Å². The van der Waals surface area contributed by atoms with E-state index in [-0.39, 0.29) is 6.10 Å². The topological polar surface area (TPSA) is 32.7 Å². The van der Waals surface area contributed by atoms with Crippen LogP contribution in [0.1, 0.15) is 18.4 Å². The molecule has 3 heteroatoms. The Kier molecular flexibility index (Phi) is 3.52. The van der Waals surface area contributed by atoms with E-state index >= 15 is 0 Å². The quantitative estimate of drug-likeness (QED) is 0.884. The summed E-state index contributed by atoms with van der Waals surface area (Å²) >= 11 is 0. The highest BCUT2D eigenvalue weighted by Crippen LogP contribution is 2.28. The lowest BCUT2D eigenvalue weighted by atomic mass is 9.98. The van der Waals surface area contributed by atoms with E-state index in [9.17, 15) is 5.11 Å². The van der Waals surface area contributed by atoms with E-state index in [1.807, 2.05) is 0 Å². The number of rotatable bonds is 3. The van der Waals surface area contributed by atoms with Crippen LogP contribution in [-0.2, 0) is 11.2 Å². The standard InChI is InChI=1S/C15H21NO2/c17-15(13-7-9-18-11-13)10-16-8-3-5-12-4-1-2-6-14(12)16/h1-2,4,6,13,15,17H,3,5,7-11H2. The zero-order valence-electron chi connectivity index (χ0n) is 10.7. The molecule has 2 heterocycles. The molecule has 98 valence electrons. The molecule has 1 fully saturated rings. The summed E-state index contributed by atoms with van der Waals surface area (Å²) < 4.78 is 5.36. The molecule has 0 radical (unpaired) electrons. The number of benzene rings is 1. The second kappa shape index (κ2) is 5.29. The Bertz CT molecular complexity index is 401.